The summed E-state index contributed by atoms with van der Waals surface area (Å²) < 4.78 is 5.44. The Balaban J connectivity index is 2.35. The van der Waals surface area contributed by atoms with Gasteiger partial charge in [-0.1, -0.05) is 70.4 Å². The number of amides is 3. The van der Waals surface area contributed by atoms with Crippen molar-refractivity contribution in [3.05, 3.63) is 35.9 Å². The Morgan fingerprint density at radius 3 is 2.26 bits per heavy atom. The molecule has 1 aliphatic carbocycles. The fourth-order valence-electron chi connectivity index (χ4n) is 3.91. The lowest BCUT2D eigenvalue weighted by Gasteiger charge is -2.36. The molecule has 0 saturated heterocycles. The van der Waals surface area contributed by atoms with Gasteiger partial charge < -0.3 is 20.3 Å². The zero-order valence-corrected chi connectivity index (χ0v) is 21.7. The maximum absolute atomic E-state index is 14.0. The van der Waals surface area contributed by atoms with Gasteiger partial charge in [0.25, 0.3) is 0 Å². The first-order valence-electron chi connectivity index (χ1n) is 12.7. The average molecular weight is 474 g/mol. The molecule has 2 N–H and O–H groups in total. The number of ether oxygens (including phenoxy) is 1. The lowest BCUT2D eigenvalue weighted by atomic mass is 9.95. The molecule has 1 fully saturated rings. The topological polar surface area (TPSA) is 87.7 Å². The van der Waals surface area contributed by atoms with E-state index in [2.05, 4.69) is 17.6 Å². The van der Waals surface area contributed by atoms with Crippen molar-refractivity contribution >= 4 is 17.9 Å². The summed E-state index contributed by atoms with van der Waals surface area (Å²) in [6, 6.07) is 7.90. The summed E-state index contributed by atoms with van der Waals surface area (Å²) >= 11 is 0. The number of nitrogens with one attached hydrogen (secondary N) is 2. The number of hydrogen-bond donors (Lipinski definition) is 2. The highest BCUT2D eigenvalue weighted by Gasteiger charge is 2.44. The molecule has 190 valence electrons. The third kappa shape index (κ3) is 8.33. The van der Waals surface area contributed by atoms with E-state index in [1.807, 2.05) is 44.2 Å². The molecule has 3 atom stereocenters. The van der Waals surface area contributed by atoms with Crippen LogP contribution in [0.3, 0.4) is 0 Å². The molecule has 0 aliphatic heterocycles. The fourth-order valence-corrected chi connectivity index (χ4v) is 3.91. The molecule has 1 aliphatic rings. The van der Waals surface area contributed by atoms with Crippen molar-refractivity contribution in [2.45, 2.75) is 104 Å². The molecule has 7 nitrogen and oxygen atoms in total. The van der Waals surface area contributed by atoms with E-state index < -0.39 is 23.8 Å². The highest BCUT2D eigenvalue weighted by Crippen LogP contribution is 2.36. The normalized spacial score (nSPS) is 16.2. The van der Waals surface area contributed by atoms with E-state index in [1.54, 1.807) is 25.7 Å². The molecule has 0 heterocycles. The fraction of sp³-hybridized carbons (Fsp3) is 0.667. The second kappa shape index (κ2) is 12.8. The molecule has 0 aromatic heterocycles. The van der Waals surface area contributed by atoms with E-state index in [-0.39, 0.29) is 23.8 Å². The molecule has 2 rings (SSSR count). The lowest BCUT2D eigenvalue weighted by molar-refractivity contribution is -0.144. The van der Waals surface area contributed by atoms with Crippen molar-refractivity contribution in [1.82, 2.24) is 15.5 Å². The van der Waals surface area contributed by atoms with Gasteiger partial charge in [-0.3, -0.25) is 9.59 Å². The Morgan fingerprint density at radius 2 is 1.74 bits per heavy atom. The molecule has 3 unspecified atom stereocenters. The summed E-state index contributed by atoms with van der Waals surface area (Å²) in [4.78, 5) is 41.7. The van der Waals surface area contributed by atoms with Gasteiger partial charge in [0.15, 0.2) is 0 Å². The predicted octanol–water partition coefficient (Wildman–Crippen LogP) is 4.96. The SMILES string of the molecule is CCCCCNC(=O)C(c1ccccc1)N(C(=O)C(NC(=O)OC(C)(C)C)C(C)CC)C1CC1. The molecule has 0 spiro atoms. The van der Waals surface area contributed by atoms with Gasteiger partial charge in [-0.25, -0.2) is 4.79 Å². The molecule has 3 amide bonds. The Bertz CT molecular complexity index is 802. The van der Waals surface area contributed by atoms with Crippen LogP contribution < -0.4 is 10.6 Å². The van der Waals surface area contributed by atoms with Crippen LogP contribution in [0.25, 0.3) is 0 Å². The van der Waals surface area contributed by atoms with Crippen molar-refractivity contribution < 1.29 is 19.1 Å². The zero-order valence-electron chi connectivity index (χ0n) is 21.7. The molecular formula is C27H43N3O4. The van der Waals surface area contributed by atoms with E-state index in [1.165, 1.54) is 0 Å². The smallest absolute Gasteiger partial charge is 0.408 e. The number of benzene rings is 1. The maximum atomic E-state index is 14.0. The van der Waals surface area contributed by atoms with Crippen molar-refractivity contribution in [2.75, 3.05) is 6.54 Å². The Labute approximate surface area is 205 Å². The lowest BCUT2D eigenvalue weighted by Crippen LogP contribution is -2.55. The maximum Gasteiger partial charge on any atom is 0.408 e. The molecule has 1 aromatic rings. The number of rotatable bonds is 12. The van der Waals surface area contributed by atoms with Crippen LogP contribution in [0.2, 0.25) is 0 Å². The van der Waals surface area contributed by atoms with Gasteiger partial charge >= 0.3 is 6.09 Å². The molecule has 1 aromatic carbocycles. The molecule has 0 radical (unpaired) electrons. The summed E-state index contributed by atoms with van der Waals surface area (Å²) in [5.74, 6) is -0.534. The van der Waals surface area contributed by atoms with Crippen LogP contribution >= 0.6 is 0 Å². The van der Waals surface area contributed by atoms with Gasteiger partial charge in [-0.15, -0.1) is 0 Å². The quantitative estimate of drug-likeness (QED) is 0.420. The van der Waals surface area contributed by atoms with E-state index in [0.717, 1.165) is 37.7 Å². The Morgan fingerprint density at radius 1 is 1.09 bits per heavy atom. The van der Waals surface area contributed by atoms with Crippen LogP contribution in [0.1, 0.15) is 91.7 Å². The van der Waals surface area contributed by atoms with Crippen LogP contribution in [0, 0.1) is 5.92 Å². The predicted molar refractivity (Wildman–Crippen MR) is 134 cm³/mol. The van der Waals surface area contributed by atoms with E-state index in [9.17, 15) is 14.4 Å². The number of alkyl carbamates (subject to hydrolysis) is 1. The highest BCUT2D eigenvalue weighted by atomic mass is 16.6. The average Bonchev–Trinajstić information content (AvgIpc) is 3.62. The first-order chi connectivity index (χ1) is 16.1. The van der Waals surface area contributed by atoms with Gasteiger partial charge in [0.05, 0.1) is 0 Å². The van der Waals surface area contributed by atoms with E-state index in [4.69, 9.17) is 4.74 Å². The van der Waals surface area contributed by atoms with Gasteiger partial charge in [0.1, 0.15) is 17.7 Å². The summed E-state index contributed by atoms with van der Waals surface area (Å²) in [6.45, 7) is 12.0. The number of carbonyl (C=O) groups excluding carboxylic acids is 3. The van der Waals surface area contributed by atoms with Gasteiger partial charge in [-0.2, -0.15) is 0 Å². The second-order valence-electron chi connectivity index (χ2n) is 10.3. The summed E-state index contributed by atoms with van der Waals surface area (Å²) in [5.41, 5.74) is 0.102. The monoisotopic (exact) mass is 473 g/mol. The highest BCUT2D eigenvalue weighted by molar-refractivity contribution is 5.92. The van der Waals surface area contributed by atoms with Gasteiger partial charge in [-0.05, 0) is 51.5 Å². The van der Waals surface area contributed by atoms with Crippen LogP contribution in [0.5, 0.6) is 0 Å². The zero-order chi connectivity index (χ0) is 25.3. The molecule has 1 saturated carbocycles. The number of hydrogen-bond acceptors (Lipinski definition) is 4. The van der Waals surface area contributed by atoms with Crippen molar-refractivity contribution in [3.8, 4) is 0 Å². The minimum atomic E-state index is -0.778. The molecule has 7 heteroatoms. The third-order valence-corrected chi connectivity index (χ3v) is 6.07. The number of nitrogens with zero attached hydrogens (tertiary/aromatic N) is 1. The molecule has 34 heavy (non-hydrogen) atoms. The Kier molecular flexibility index (Phi) is 10.4. The van der Waals surface area contributed by atoms with Gasteiger partial charge in [0, 0.05) is 12.6 Å². The van der Waals surface area contributed by atoms with E-state index in [0.29, 0.717) is 13.0 Å². The van der Waals surface area contributed by atoms with Crippen molar-refractivity contribution in [1.29, 1.82) is 0 Å². The minimum Gasteiger partial charge on any atom is -0.444 e. The standard InChI is InChI=1S/C27H43N3O4/c1-7-9-13-18-28-24(31)23(20-14-11-10-12-15-20)30(21-16-17-21)25(32)22(19(3)8-2)29-26(33)34-27(4,5)6/h10-12,14-15,19,21-23H,7-9,13,16-18H2,1-6H3,(H,28,31)(H,29,33). The largest absolute Gasteiger partial charge is 0.444 e. The Hall–Kier alpha value is -2.57. The summed E-state index contributed by atoms with van der Waals surface area (Å²) in [6.07, 6.45) is 4.77. The first kappa shape index (κ1) is 27.7. The number of carbonyl (C=O) groups is 3. The van der Waals surface area contributed by atoms with Crippen molar-refractivity contribution in [2.24, 2.45) is 5.92 Å². The van der Waals surface area contributed by atoms with Gasteiger partial charge in [0.2, 0.25) is 11.8 Å². The number of unbranched alkanes of at least 4 members (excludes halogenated alkanes) is 2. The third-order valence-electron chi connectivity index (χ3n) is 6.07. The molecule has 0 bridgehead atoms. The summed E-state index contributed by atoms with van der Waals surface area (Å²) in [5, 5.41) is 5.85. The van der Waals surface area contributed by atoms with Crippen LogP contribution in [0.15, 0.2) is 30.3 Å². The summed E-state index contributed by atoms with van der Waals surface area (Å²) in [7, 11) is 0. The van der Waals surface area contributed by atoms with Crippen LogP contribution in [-0.4, -0.2) is 47.0 Å². The van der Waals surface area contributed by atoms with Crippen LogP contribution in [-0.2, 0) is 14.3 Å². The van der Waals surface area contributed by atoms with E-state index >= 15 is 0 Å². The molecular weight excluding hydrogens is 430 g/mol. The second-order valence-corrected chi connectivity index (χ2v) is 10.3. The minimum absolute atomic E-state index is 0.0221. The van der Waals surface area contributed by atoms with Crippen LogP contribution in [0.4, 0.5) is 4.79 Å². The van der Waals surface area contributed by atoms with Crippen molar-refractivity contribution in [3.63, 3.8) is 0 Å². The first-order valence-corrected chi connectivity index (χ1v) is 12.7.